The van der Waals surface area contributed by atoms with Crippen LogP contribution < -0.4 is 0 Å². The molecule has 1 unspecified atom stereocenters. The number of hydrogen-bond donors (Lipinski definition) is 1. The highest BCUT2D eigenvalue weighted by Crippen LogP contribution is 2.28. The number of aliphatic hydroxyl groups is 1. The fraction of sp³-hybridized carbons (Fsp3) is 0.158. The number of rotatable bonds is 4. The van der Waals surface area contributed by atoms with Gasteiger partial charge in [-0.15, -0.1) is 0 Å². The molecule has 1 heterocycles. The van der Waals surface area contributed by atoms with Crippen LogP contribution in [0.4, 0.5) is 0 Å². The number of carbonyl (C=O) groups excluding carboxylic acids is 1. The van der Waals surface area contributed by atoms with Gasteiger partial charge in [-0.3, -0.25) is 4.79 Å². The summed E-state index contributed by atoms with van der Waals surface area (Å²) in [5, 5.41) is 19.5. The van der Waals surface area contributed by atoms with E-state index in [1.165, 1.54) is 0 Å². The van der Waals surface area contributed by atoms with E-state index in [2.05, 4.69) is 0 Å². The van der Waals surface area contributed by atoms with Gasteiger partial charge in [-0.25, -0.2) is 0 Å². The molecule has 1 aliphatic heterocycles. The predicted molar refractivity (Wildman–Crippen MR) is 86.2 cm³/mol. The van der Waals surface area contributed by atoms with Gasteiger partial charge in [0.15, 0.2) is 5.57 Å². The first-order chi connectivity index (χ1) is 11.2. The van der Waals surface area contributed by atoms with Crippen LogP contribution in [0.3, 0.4) is 0 Å². The maximum atomic E-state index is 12.4. The number of amides is 1. The third-order valence-corrected chi connectivity index (χ3v) is 4.00. The van der Waals surface area contributed by atoms with Crippen LogP contribution in [0.25, 0.3) is 0 Å². The van der Waals surface area contributed by atoms with Gasteiger partial charge in [0.2, 0.25) is 0 Å². The third-order valence-electron chi connectivity index (χ3n) is 4.00. The fourth-order valence-electron chi connectivity index (χ4n) is 2.82. The Hall–Kier alpha value is -3.06. The van der Waals surface area contributed by atoms with Crippen molar-refractivity contribution in [2.45, 2.75) is 19.0 Å². The van der Waals surface area contributed by atoms with Crippen LogP contribution >= 0.6 is 0 Å². The smallest absolute Gasteiger partial charge is 0.268 e. The minimum absolute atomic E-state index is 0.128. The van der Waals surface area contributed by atoms with Gasteiger partial charge in [0.25, 0.3) is 5.91 Å². The highest BCUT2D eigenvalue weighted by atomic mass is 16.3. The Morgan fingerprint density at radius 2 is 1.57 bits per heavy atom. The van der Waals surface area contributed by atoms with E-state index in [0.29, 0.717) is 13.0 Å². The average molecular weight is 304 g/mol. The van der Waals surface area contributed by atoms with Crippen molar-refractivity contribution in [3.63, 3.8) is 0 Å². The van der Waals surface area contributed by atoms with E-state index >= 15 is 0 Å². The molecule has 1 aliphatic rings. The Balaban J connectivity index is 1.90. The van der Waals surface area contributed by atoms with Gasteiger partial charge in [0.1, 0.15) is 11.8 Å². The maximum absolute atomic E-state index is 12.4. The second-order valence-electron chi connectivity index (χ2n) is 5.50. The Morgan fingerprint density at radius 3 is 2.13 bits per heavy atom. The number of aliphatic hydroxyl groups excluding tert-OH is 1. The highest BCUT2D eigenvalue weighted by Gasteiger charge is 2.39. The maximum Gasteiger partial charge on any atom is 0.268 e. The molecule has 0 aliphatic carbocycles. The summed E-state index contributed by atoms with van der Waals surface area (Å²) in [4.78, 5) is 14.0. The SMILES string of the molecule is N#CC1=C(O)C(Cc2ccccc2)N(Cc2ccccc2)C1=O. The zero-order valence-electron chi connectivity index (χ0n) is 12.5. The molecule has 4 heteroatoms. The van der Waals surface area contributed by atoms with Crippen molar-refractivity contribution >= 4 is 5.91 Å². The minimum Gasteiger partial charge on any atom is -0.508 e. The van der Waals surface area contributed by atoms with E-state index in [-0.39, 0.29) is 11.3 Å². The zero-order chi connectivity index (χ0) is 16.2. The van der Waals surface area contributed by atoms with Crippen LogP contribution in [0, 0.1) is 11.3 Å². The van der Waals surface area contributed by atoms with Gasteiger partial charge in [-0.2, -0.15) is 5.26 Å². The Bertz CT molecular complexity index is 776. The van der Waals surface area contributed by atoms with Gasteiger partial charge in [0, 0.05) is 13.0 Å². The first-order valence-corrected chi connectivity index (χ1v) is 7.42. The van der Waals surface area contributed by atoms with E-state index in [1.54, 1.807) is 4.90 Å². The van der Waals surface area contributed by atoms with Gasteiger partial charge >= 0.3 is 0 Å². The van der Waals surface area contributed by atoms with Crippen LogP contribution in [0.5, 0.6) is 0 Å². The van der Waals surface area contributed by atoms with Crippen molar-refractivity contribution in [3.8, 4) is 6.07 Å². The van der Waals surface area contributed by atoms with Gasteiger partial charge < -0.3 is 10.0 Å². The lowest BCUT2D eigenvalue weighted by Crippen LogP contribution is -2.36. The van der Waals surface area contributed by atoms with Crippen molar-refractivity contribution in [2.75, 3.05) is 0 Å². The summed E-state index contributed by atoms with van der Waals surface area (Å²) in [6.45, 7) is 0.367. The molecular weight excluding hydrogens is 288 g/mol. The van der Waals surface area contributed by atoms with E-state index in [1.807, 2.05) is 66.7 Å². The Kier molecular flexibility index (Phi) is 4.11. The summed E-state index contributed by atoms with van der Waals surface area (Å²) in [5.74, 6) is -0.535. The largest absolute Gasteiger partial charge is 0.508 e. The van der Waals surface area contributed by atoms with E-state index < -0.39 is 11.9 Å². The van der Waals surface area contributed by atoms with Gasteiger partial charge in [0.05, 0.1) is 6.04 Å². The van der Waals surface area contributed by atoms with Crippen molar-refractivity contribution in [1.82, 2.24) is 4.90 Å². The topological polar surface area (TPSA) is 64.3 Å². The molecule has 1 atom stereocenters. The van der Waals surface area contributed by atoms with Crippen molar-refractivity contribution < 1.29 is 9.90 Å². The molecule has 114 valence electrons. The Morgan fingerprint density at radius 1 is 1.00 bits per heavy atom. The van der Waals surface area contributed by atoms with Crippen molar-refractivity contribution in [1.29, 1.82) is 5.26 Å². The van der Waals surface area contributed by atoms with Crippen LogP contribution in [0.1, 0.15) is 11.1 Å². The molecule has 2 aromatic carbocycles. The quantitative estimate of drug-likeness (QED) is 0.944. The molecule has 3 rings (SSSR count). The second kappa shape index (κ2) is 6.37. The monoisotopic (exact) mass is 304 g/mol. The highest BCUT2D eigenvalue weighted by molar-refractivity contribution is 6.00. The number of nitriles is 1. The first-order valence-electron chi connectivity index (χ1n) is 7.42. The fourth-order valence-corrected chi connectivity index (χ4v) is 2.82. The zero-order valence-corrected chi connectivity index (χ0v) is 12.5. The number of benzene rings is 2. The average Bonchev–Trinajstić information content (AvgIpc) is 2.80. The number of hydrogen-bond acceptors (Lipinski definition) is 3. The molecule has 1 amide bonds. The van der Waals surface area contributed by atoms with Crippen LogP contribution in [-0.2, 0) is 17.8 Å². The minimum atomic E-state index is -0.500. The number of nitrogens with zero attached hydrogens (tertiary/aromatic N) is 2. The van der Waals surface area contributed by atoms with Crippen LogP contribution in [-0.4, -0.2) is 22.0 Å². The molecule has 0 saturated heterocycles. The molecular formula is C19H16N2O2. The molecule has 0 fully saturated rings. The van der Waals surface area contributed by atoms with Crippen molar-refractivity contribution in [2.24, 2.45) is 0 Å². The first kappa shape index (κ1) is 14.9. The molecule has 0 saturated carbocycles. The standard InChI is InChI=1S/C19H16N2O2/c20-12-16-18(22)17(11-14-7-3-1-4-8-14)21(19(16)23)13-15-9-5-2-6-10-15/h1-10,17,22H,11,13H2. The summed E-state index contributed by atoms with van der Waals surface area (Å²) in [6, 6.07) is 20.5. The summed E-state index contributed by atoms with van der Waals surface area (Å²) in [6.07, 6.45) is 0.483. The molecule has 2 aromatic rings. The van der Waals surface area contributed by atoms with E-state index in [4.69, 9.17) is 5.26 Å². The summed E-state index contributed by atoms with van der Waals surface area (Å²) in [5.41, 5.74) is 1.82. The normalized spacial score (nSPS) is 17.4. The van der Waals surface area contributed by atoms with Crippen LogP contribution in [0.2, 0.25) is 0 Å². The Labute approximate surface area is 134 Å². The third kappa shape index (κ3) is 2.95. The lowest BCUT2D eigenvalue weighted by atomic mass is 10.0. The molecule has 0 aromatic heterocycles. The molecule has 0 bridgehead atoms. The summed E-state index contributed by atoms with van der Waals surface area (Å²) < 4.78 is 0. The van der Waals surface area contributed by atoms with Crippen molar-refractivity contribution in [3.05, 3.63) is 83.1 Å². The van der Waals surface area contributed by atoms with Gasteiger partial charge in [-0.1, -0.05) is 60.7 Å². The van der Waals surface area contributed by atoms with Crippen LogP contribution in [0.15, 0.2) is 72.0 Å². The molecule has 0 spiro atoms. The molecule has 4 nitrogen and oxygen atoms in total. The van der Waals surface area contributed by atoms with E-state index in [0.717, 1.165) is 11.1 Å². The second-order valence-corrected chi connectivity index (χ2v) is 5.50. The number of carbonyl (C=O) groups is 1. The molecule has 0 radical (unpaired) electrons. The summed E-state index contributed by atoms with van der Waals surface area (Å²) >= 11 is 0. The lowest BCUT2D eigenvalue weighted by Gasteiger charge is -2.25. The summed E-state index contributed by atoms with van der Waals surface area (Å²) in [7, 11) is 0. The van der Waals surface area contributed by atoms with E-state index in [9.17, 15) is 9.90 Å². The molecule has 1 N–H and O–H groups in total. The predicted octanol–water partition coefficient (Wildman–Crippen LogP) is 2.98. The molecule has 23 heavy (non-hydrogen) atoms. The lowest BCUT2D eigenvalue weighted by molar-refractivity contribution is -0.127. The van der Waals surface area contributed by atoms with Gasteiger partial charge in [-0.05, 0) is 11.1 Å².